The van der Waals surface area contributed by atoms with Crippen molar-refractivity contribution in [2.24, 2.45) is 5.41 Å². The molecule has 0 aliphatic heterocycles. The van der Waals surface area contributed by atoms with Gasteiger partial charge in [0.25, 0.3) is 0 Å². The van der Waals surface area contributed by atoms with Gasteiger partial charge in [-0.1, -0.05) is 0 Å². The van der Waals surface area contributed by atoms with Gasteiger partial charge in [-0.15, -0.1) is 11.6 Å². The minimum atomic E-state index is -2.18. The monoisotopic (exact) mass is 218 g/mol. The Balaban J connectivity index is 5.63. The van der Waals surface area contributed by atoms with E-state index in [0.29, 0.717) is 0 Å². The molecule has 5 heteroatoms. The van der Waals surface area contributed by atoms with Crippen molar-refractivity contribution in [2.75, 3.05) is 5.88 Å². The summed E-state index contributed by atoms with van der Waals surface area (Å²) in [6.07, 6.45) is 0. The van der Waals surface area contributed by atoms with Gasteiger partial charge in [0.2, 0.25) is 5.41 Å². The second-order valence-corrected chi connectivity index (χ2v) is 3.24. The molecule has 0 unspecified atom stereocenters. The van der Waals surface area contributed by atoms with E-state index in [-0.39, 0.29) is 0 Å². The van der Waals surface area contributed by atoms with E-state index in [4.69, 9.17) is 11.6 Å². The molecule has 0 saturated heterocycles. The van der Waals surface area contributed by atoms with Crippen LogP contribution in [0.2, 0.25) is 0 Å². The van der Waals surface area contributed by atoms with Crippen molar-refractivity contribution in [3.8, 4) is 0 Å². The molecule has 0 atom stereocenters. The summed E-state index contributed by atoms with van der Waals surface area (Å²) in [5.41, 5.74) is -2.18. The SMILES string of the molecule is CC(=O)C(C(C)=O)(C(C)=O)C(=O)CCl. The lowest BCUT2D eigenvalue weighted by atomic mass is 9.74. The predicted molar refractivity (Wildman–Crippen MR) is 50.2 cm³/mol. The van der Waals surface area contributed by atoms with E-state index in [1.54, 1.807) is 0 Å². The van der Waals surface area contributed by atoms with Crippen LogP contribution in [0.4, 0.5) is 0 Å². The number of ketones is 4. The van der Waals surface area contributed by atoms with E-state index in [0.717, 1.165) is 20.8 Å². The second-order valence-electron chi connectivity index (χ2n) is 2.98. The number of hydrogen-bond donors (Lipinski definition) is 0. The maximum absolute atomic E-state index is 11.4. The molecule has 0 radical (unpaired) electrons. The number of alkyl halides is 1. The standard InChI is InChI=1S/C9H11ClO4/c1-5(11)9(6(2)12,7(3)13)8(14)4-10/h4H2,1-3H3. The number of Topliss-reactive ketones (excluding diaryl/α,β-unsaturated/α-hetero) is 4. The number of hydrogen-bond acceptors (Lipinski definition) is 4. The minimum Gasteiger partial charge on any atom is -0.298 e. The van der Waals surface area contributed by atoms with E-state index >= 15 is 0 Å². The fourth-order valence-corrected chi connectivity index (χ4v) is 1.63. The van der Waals surface area contributed by atoms with Gasteiger partial charge >= 0.3 is 0 Å². The molecule has 78 valence electrons. The van der Waals surface area contributed by atoms with Crippen LogP contribution in [-0.4, -0.2) is 29.0 Å². The first-order chi connectivity index (χ1) is 6.31. The number of halogens is 1. The second kappa shape index (κ2) is 4.46. The summed E-state index contributed by atoms with van der Waals surface area (Å²) in [7, 11) is 0. The first-order valence-electron chi connectivity index (χ1n) is 3.94. The molecule has 0 aromatic rings. The highest BCUT2D eigenvalue weighted by molar-refractivity contribution is 6.43. The molecule has 0 saturated carbocycles. The van der Waals surface area contributed by atoms with Gasteiger partial charge in [0.15, 0.2) is 23.1 Å². The molecule has 0 heterocycles. The summed E-state index contributed by atoms with van der Waals surface area (Å²) in [5.74, 6) is -3.71. The van der Waals surface area contributed by atoms with E-state index in [1.165, 1.54) is 0 Å². The van der Waals surface area contributed by atoms with E-state index in [9.17, 15) is 19.2 Å². The van der Waals surface area contributed by atoms with Crippen LogP contribution in [0, 0.1) is 5.41 Å². The number of carbonyl (C=O) groups is 4. The molecular weight excluding hydrogens is 208 g/mol. The van der Waals surface area contributed by atoms with Crippen molar-refractivity contribution < 1.29 is 19.2 Å². The molecule has 0 spiro atoms. The highest BCUT2D eigenvalue weighted by atomic mass is 35.5. The Bertz CT molecular complexity index is 270. The molecule has 0 aliphatic carbocycles. The van der Waals surface area contributed by atoms with Crippen LogP contribution in [0.1, 0.15) is 20.8 Å². The van der Waals surface area contributed by atoms with Crippen molar-refractivity contribution in [3.05, 3.63) is 0 Å². The largest absolute Gasteiger partial charge is 0.298 e. The Morgan fingerprint density at radius 1 is 0.929 bits per heavy atom. The average Bonchev–Trinajstić information content (AvgIpc) is 2.02. The molecular formula is C9H11ClO4. The molecule has 4 nitrogen and oxygen atoms in total. The lowest BCUT2D eigenvalue weighted by molar-refractivity contribution is -0.151. The first kappa shape index (κ1) is 13.0. The Hall–Kier alpha value is -1.03. The van der Waals surface area contributed by atoms with Crippen LogP contribution in [0.3, 0.4) is 0 Å². The van der Waals surface area contributed by atoms with E-state index in [1.807, 2.05) is 0 Å². The zero-order valence-electron chi connectivity index (χ0n) is 8.22. The van der Waals surface area contributed by atoms with Gasteiger partial charge in [-0.3, -0.25) is 19.2 Å². The van der Waals surface area contributed by atoms with E-state index in [2.05, 4.69) is 0 Å². The number of carbonyl (C=O) groups excluding carboxylic acids is 4. The Kier molecular flexibility index (Phi) is 4.13. The van der Waals surface area contributed by atoms with Crippen LogP contribution in [0.5, 0.6) is 0 Å². The highest BCUT2D eigenvalue weighted by Crippen LogP contribution is 2.23. The fourth-order valence-electron chi connectivity index (χ4n) is 1.43. The minimum absolute atomic E-state index is 0.529. The Morgan fingerprint density at radius 2 is 1.21 bits per heavy atom. The topological polar surface area (TPSA) is 68.3 Å². The molecule has 14 heavy (non-hydrogen) atoms. The average molecular weight is 219 g/mol. The Labute approximate surface area is 86.6 Å². The number of rotatable bonds is 5. The van der Waals surface area contributed by atoms with Gasteiger partial charge in [0, 0.05) is 0 Å². The van der Waals surface area contributed by atoms with Crippen LogP contribution in [0.15, 0.2) is 0 Å². The highest BCUT2D eigenvalue weighted by Gasteiger charge is 2.51. The van der Waals surface area contributed by atoms with Gasteiger partial charge in [-0.25, -0.2) is 0 Å². The molecule has 0 aromatic carbocycles. The molecule has 0 aromatic heterocycles. The van der Waals surface area contributed by atoms with Gasteiger partial charge in [0.05, 0.1) is 5.88 Å². The molecule has 0 amide bonds. The van der Waals surface area contributed by atoms with Crippen molar-refractivity contribution >= 4 is 34.7 Å². The zero-order valence-corrected chi connectivity index (χ0v) is 8.97. The third-order valence-electron chi connectivity index (χ3n) is 2.12. The molecule has 0 rings (SSSR count). The molecule has 0 fully saturated rings. The lowest BCUT2D eigenvalue weighted by Gasteiger charge is -2.22. The van der Waals surface area contributed by atoms with Crippen LogP contribution >= 0.6 is 11.6 Å². The summed E-state index contributed by atoms with van der Waals surface area (Å²) in [4.78, 5) is 45.0. The van der Waals surface area contributed by atoms with Gasteiger partial charge in [-0.05, 0) is 20.8 Å². The third-order valence-corrected chi connectivity index (χ3v) is 2.37. The maximum Gasteiger partial charge on any atom is 0.203 e. The van der Waals surface area contributed by atoms with Gasteiger partial charge in [0.1, 0.15) is 0 Å². The molecule has 0 bridgehead atoms. The summed E-state index contributed by atoms with van der Waals surface area (Å²) < 4.78 is 0. The molecule has 0 N–H and O–H groups in total. The lowest BCUT2D eigenvalue weighted by Crippen LogP contribution is -2.50. The Morgan fingerprint density at radius 3 is 1.29 bits per heavy atom. The van der Waals surface area contributed by atoms with Crippen LogP contribution < -0.4 is 0 Å². The maximum atomic E-state index is 11.4. The van der Waals surface area contributed by atoms with Crippen molar-refractivity contribution in [3.63, 3.8) is 0 Å². The van der Waals surface area contributed by atoms with Gasteiger partial charge < -0.3 is 0 Å². The summed E-state index contributed by atoms with van der Waals surface area (Å²) in [6, 6.07) is 0. The van der Waals surface area contributed by atoms with Crippen molar-refractivity contribution in [2.45, 2.75) is 20.8 Å². The third kappa shape index (κ3) is 1.75. The van der Waals surface area contributed by atoms with Gasteiger partial charge in [-0.2, -0.15) is 0 Å². The predicted octanol–water partition coefficient (Wildman–Crippen LogP) is 0.548. The van der Waals surface area contributed by atoms with Crippen LogP contribution in [0.25, 0.3) is 0 Å². The van der Waals surface area contributed by atoms with Crippen molar-refractivity contribution in [1.29, 1.82) is 0 Å². The molecule has 0 aliphatic rings. The quantitative estimate of drug-likeness (QED) is 0.499. The van der Waals surface area contributed by atoms with Crippen LogP contribution in [-0.2, 0) is 19.2 Å². The van der Waals surface area contributed by atoms with E-state index < -0.39 is 34.4 Å². The fraction of sp³-hybridized carbons (Fsp3) is 0.556. The smallest absolute Gasteiger partial charge is 0.203 e. The summed E-state index contributed by atoms with van der Waals surface area (Å²) >= 11 is 5.26. The summed E-state index contributed by atoms with van der Waals surface area (Å²) in [5, 5.41) is 0. The summed E-state index contributed by atoms with van der Waals surface area (Å²) in [6.45, 7) is 3.10. The zero-order chi connectivity index (χ0) is 11.5. The van der Waals surface area contributed by atoms with Crippen molar-refractivity contribution in [1.82, 2.24) is 0 Å². The normalized spacial score (nSPS) is 10.9. The first-order valence-corrected chi connectivity index (χ1v) is 4.47.